The molecule has 0 aromatic heterocycles. The van der Waals surface area contributed by atoms with Crippen LogP contribution in [0.1, 0.15) is 34.8 Å². The molecule has 1 amide bonds. The second kappa shape index (κ2) is 9.74. The molecule has 10 nitrogen and oxygen atoms in total. The number of hydrogen-bond donors (Lipinski definition) is 5. The van der Waals surface area contributed by atoms with Crippen molar-refractivity contribution >= 4 is 23.2 Å². The van der Waals surface area contributed by atoms with Gasteiger partial charge in [0.1, 0.15) is 22.8 Å². The van der Waals surface area contributed by atoms with Gasteiger partial charge in [0, 0.05) is 31.3 Å². The Hall–Kier alpha value is -4.15. The molecule has 3 aliphatic carbocycles. The zero-order chi connectivity index (χ0) is 30.1. The van der Waals surface area contributed by atoms with Gasteiger partial charge in [-0.15, -0.1) is 0 Å². The number of aliphatic hydroxyl groups excluding tert-OH is 2. The topological polar surface area (TPSA) is 165 Å². The normalized spacial score (nSPS) is 25.7. The van der Waals surface area contributed by atoms with E-state index in [4.69, 9.17) is 5.73 Å². The number of aryl methyl sites for hydroxylation is 1. The first-order valence-corrected chi connectivity index (χ1v) is 13.6. The maximum atomic E-state index is 14.1. The molecule has 0 saturated heterocycles. The van der Waals surface area contributed by atoms with Crippen molar-refractivity contribution in [2.45, 2.75) is 37.8 Å². The van der Waals surface area contributed by atoms with Crippen LogP contribution in [0, 0.1) is 11.8 Å². The molecular weight excluding hydrogens is 526 g/mol. The van der Waals surface area contributed by atoms with E-state index in [1.165, 1.54) is 4.90 Å². The number of likely N-dealkylation sites (N-methyl/N-ethyl adjacent to an activating group) is 1. The zero-order valence-corrected chi connectivity index (χ0v) is 23.7. The lowest BCUT2D eigenvalue weighted by molar-refractivity contribution is -0.148. The van der Waals surface area contributed by atoms with Gasteiger partial charge in [0.2, 0.25) is 5.78 Å². The second-order valence-corrected chi connectivity index (χ2v) is 11.5. The summed E-state index contributed by atoms with van der Waals surface area (Å²) < 4.78 is 0. The highest BCUT2D eigenvalue weighted by Crippen LogP contribution is 2.53. The van der Waals surface area contributed by atoms with Crippen LogP contribution in [0.3, 0.4) is 0 Å². The number of ketones is 2. The molecule has 0 fully saturated rings. The number of benzene rings is 2. The first kappa shape index (κ1) is 28.4. The predicted molar refractivity (Wildman–Crippen MR) is 153 cm³/mol. The van der Waals surface area contributed by atoms with Crippen molar-refractivity contribution in [1.82, 2.24) is 4.90 Å². The van der Waals surface area contributed by atoms with E-state index in [-0.39, 0.29) is 29.7 Å². The number of primary amides is 1. The number of hydrogen-bond acceptors (Lipinski definition) is 9. The van der Waals surface area contributed by atoms with Gasteiger partial charge in [0.15, 0.2) is 11.4 Å². The van der Waals surface area contributed by atoms with Gasteiger partial charge in [0.25, 0.3) is 5.91 Å². The molecule has 216 valence electrons. The van der Waals surface area contributed by atoms with E-state index in [1.54, 1.807) is 14.1 Å². The van der Waals surface area contributed by atoms with Crippen molar-refractivity contribution in [3.8, 4) is 16.9 Å². The number of aromatic hydroxyl groups is 1. The average Bonchev–Trinajstić information content (AvgIpc) is 2.90. The van der Waals surface area contributed by atoms with Crippen molar-refractivity contribution in [3.63, 3.8) is 0 Å². The number of carbonyl (C=O) groups is 3. The maximum absolute atomic E-state index is 14.1. The van der Waals surface area contributed by atoms with Crippen molar-refractivity contribution in [2.24, 2.45) is 17.6 Å². The Kier molecular flexibility index (Phi) is 6.74. The number of amides is 1. The number of phenolic OH excluding ortho intramolecular Hbond substituents is 1. The molecule has 2 aromatic rings. The first-order chi connectivity index (χ1) is 19.2. The summed E-state index contributed by atoms with van der Waals surface area (Å²) >= 11 is 0. The van der Waals surface area contributed by atoms with Gasteiger partial charge in [-0.3, -0.25) is 19.3 Å². The summed E-state index contributed by atoms with van der Waals surface area (Å²) in [6.07, 6.45) is 0.711. The van der Waals surface area contributed by atoms with Crippen LogP contribution < -0.4 is 10.6 Å². The number of rotatable bonds is 5. The van der Waals surface area contributed by atoms with E-state index >= 15 is 0 Å². The number of anilines is 1. The number of fused-ring (bicyclic) bond motifs is 3. The number of phenols is 1. The van der Waals surface area contributed by atoms with Crippen LogP contribution in [0.15, 0.2) is 53.0 Å². The van der Waals surface area contributed by atoms with Crippen LogP contribution >= 0.6 is 0 Å². The first-order valence-electron chi connectivity index (χ1n) is 13.6. The summed E-state index contributed by atoms with van der Waals surface area (Å²) in [6.45, 7) is 1.85. The summed E-state index contributed by atoms with van der Waals surface area (Å²) in [7, 11) is 7.08. The smallest absolute Gasteiger partial charge is 0.255 e. The Bertz CT molecular complexity index is 1550. The molecule has 41 heavy (non-hydrogen) atoms. The molecule has 5 rings (SSSR count). The molecule has 0 heterocycles. The minimum atomic E-state index is -2.66. The van der Waals surface area contributed by atoms with Gasteiger partial charge in [-0.25, -0.2) is 0 Å². The summed E-state index contributed by atoms with van der Waals surface area (Å²) in [4.78, 5) is 43.3. The molecule has 0 unspecified atom stereocenters. The maximum Gasteiger partial charge on any atom is 0.255 e. The fourth-order valence-corrected chi connectivity index (χ4v) is 6.84. The standard InChI is InChI=1S/C31H35N3O7/c1-6-14-11-18(15-7-9-17(10-8-15)33(2)3)19-12-16-13-20-24(34(4)5)27(37)23(30(32)40)29(39)31(20,41)28(38)21(16)26(36)22(19)25(14)35/h7-11,16,20,24,35,37-38,41H,6,12-13H2,1-5H3,(H2,32,40)/t16-,20-,24-,31-/m0/s1. The minimum absolute atomic E-state index is 0.0248. The van der Waals surface area contributed by atoms with Crippen molar-refractivity contribution in [2.75, 3.05) is 33.1 Å². The monoisotopic (exact) mass is 561 g/mol. The highest BCUT2D eigenvalue weighted by atomic mass is 16.3. The van der Waals surface area contributed by atoms with Gasteiger partial charge in [-0.2, -0.15) is 0 Å². The number of nitrogens with two attached hydrogens (primary N) is 1. The molecule has 0 bridgehead atoms. The Balaban J connectivity index is 1.73. The van der Waals surface area contributed by atoms with Crippen LogP contribution in [0.2, 0.25) is 0 Å². The fraction of sp³-hybridized carbons (Fsp3) is 0.387. The highest BCUT2D eigenvalue weighted by Gasteiger charge is 2.63. The Morgan fingerprint density at radius 1 is 1.07 bits per heavy atom. The number of carbonyl (C=O) groups excluding carboxylic acids is 3. The highest BCUT2D eigenvalue weighted by molar-refractivity contribution is 6.25. The number of Topliss-reactive ketones (excluding diaryl/α,β-unsaturated/α-hetero) is 2. The Labute approximate surface area is 238 Å². The second-order valence-electron chi connectivity index (χ2n) is 11.5. The Morgan fingerprint density at radius 2 is 1.71 bits per heavy atom. The summed E-state index contributed by atoms with van der Waals surface area (Å²) in [5.41, 5.74) is 5.55. The molecule has 2 aromatic carbocycles. The molecule has 0 saturated carbocycles. The van der Waals surface area contributed by atoms with E-state index in [0.717, 1.165) is 16.8 Å². The lowest BCUT2D eigenvalue weighted by atomic mass is 9.58. The molecule has 3 aliphatic rings. The number of nitrogens with zero attached hydrogens (tertiary/aromatic N) is 2. The average molecular weight is 562 g/mol. The van der Waals surface area contributed by atoms with E-state index in [0.29, 0.717) is 17.5 Å². The van der Waals surface area contributed by atoms with E-state index in [9.17, 15) is 34.8 Å². The predicted octanol–water partition coefficient (Wildman–Crippen LogP) is 2.42. The minimum Gasteiger partial charge on any atom is -0.510 e. The molecule has 4 atom stereocenters. The van der Waals surface area contributed by atoms with Crippen molar-refractivity contribution in [3.05, 3.63) is 69.7 Å². The number of allylic oxidation sites excluding steroid dienone is 1. The summed E-state index contributed by atoms with van der Waals surface area (Å²) in [5.74, 6) is -6.54. The van der Waals surface area contributed by atoms with Gasteiger partial charge < -0.3 is 31.1 Å². The van der Waals surface area contributed by atoms with E-state index in [1.807, 2.05) is 56.3 Å². The quantitative estimate of drug-likeness (QED) is 0.345. The third-order valence-electron chi connectivity index (χ3n) is 8.88. The molecule has 0 spiro atoms. The van der Waals surface area contributed by atoms with Crippen LogP contribution in [0.5, 0.6) is 5.75 Å². The van der Waals surface area contributed by atoms with Gasteiger partial charge in [-0.05, 0) is 79.7 Å². The summed E-state index contributed by atoms with van der Waals surface area (Å²) in [6, 6.07) is 8.66. The lowest BCUT2D eigenvalue weighted by Crippen LogP contribution is -2.63. The van der Waals surface area contributed by atoms with Crippen LogP contribution in [0.25, 0.3) is 11.1 Å². The van der Waals surface area contributed by atoms with Crippen molar-refractivity contribution < 1.29 is 34.8 Å². The number of aliphatic hydroxyl groups is 3. The van der Waals surface area contributed by atoms with Crippen molar-refractivity contribution in [1.29, 1.82) is 0 Å². The van der Waals surface area contributed by atoms with Gasteiger partial charge in [0.05, 0.1) is 11.6 Å². The largest absolute Gasteiger partial charge is 0.510 e. The molecule has 0 aliphatic heterocycles. The zero-order valence-electron chi connectivity index (χ0n) is 23.7. The fourth-order valence-electron chi connectivity index (χ4n) is 6.84. The third kappa shape index (κ3) is 3.96. The van der Waals surface area contributed by atoms with E-state index in [2.05, 4.69) is 0 Å². The van der Waals surface area contributed by atoms with Crippen LogP contribution in [0.4, 0.5) is 5.69 Å². The Morgan fingerprint density at radius 3 is 2.24 bits per heavy atom. The van der Waals surface area contributed by atoms with Crippen LogP contribution in [-0.2, 0) is 22.4 Å². The molecule has 0 radical (unpaired) electrons. The van der Waals surface area contributed by atoms with E-state index < -0.39 is 58.0 Å². The van der Waals surface area contributed by atoms with Crippen LogP contribution in [-0.4, -0.2) is 82.6 Å². The van der Waals surface area contributed by atoms with Gasteiger partial charge >= 0.3 is 0 Å². The van der Waals surface area contributed by atoms with Gasteiger partial charge in [-0.1, -0.05) is 19.1 Å². The molecule has 10 heteroatoms. The molecular formula is C31H35N3O7. The SMILES string of the molecule is CCc1cc(-c2ccc(N(C)C)cc2)c2c(c1O)C(=O)C1=C(O)[C@]3(O)C(=O)C(C(N)=O)=C(O)[C@@H](N(C)C)[C@@H]3C[C@@H]1C2. The summed E-state index contributed by atoms with van der Waals surface area (Å²) in [5, 5.41) is 45.5. The lowest BCUT2D eigenvalue weighted by Gasteiger charge is -2.50. The third-order valence-corrected chi connectivity index (χ3v) is 8.88. The molecule has 6 N–H and O–H groups in total.